The minimum absolute atomic E-state index is 0.0789. The second kappa shape index (κ2) is 8.16. The van der Waals surface area contributed by atoms with Gasteiger partial charge in [0.15, 0.2) is 0 Å². The van der Waals surface area contributed by atoms with E-state index >= 15 is 0 Å². The van der Waals surface area contributed by atoms with Gasteiger partial charge in [-0.25, -0.2) is 0 Å². The van der Waals surface area contributed by atoms with Gasteiger partial charge in [-0.3, -0.25) is 4.79 Å². The van der Waals surface area contributed by atoms with E-state index in [4.69, 9.17) is 4.74 Å². The lowest BCUT2D eigenvalue weighted by atomic mass is 9.95. The molecule has 1 atom stereocenters. The summed E-state index contributed by atoms with van der Waals surface area (Å²) in [6, 6.07) is 0. The Morgan fingerprint density at radius 1 is 1.39 bits per heavy atom. The molecule has 1 N–H and O–H groups in total. The third-order valence-electron chi connectivity index (χ3n) is 3.98. The fraction of sp³-hybridized carbons (Fsp3) is 0.929. The van der Waals surface area contributed by atoms with Crippen LogP contribution in [0, 0.1) is 0 Å². The number of nitrogens with one attached hydrogen (secondary N) is 1. The van der Waals surface area contributed by atoms with Gasteiger partial charge in [0.05, 0.1) is 6.10 Å². The molecule has 1 aliphatic heterocycles. The van der Waals surface area contributed by atoms with Gasteiger partial charge in [-0.2, -0.15) is 0 Å². The van der Waals surface area contributed by atoms with Crippen molar-refractivity contribution < 1.29 is 9.53 Å². The molecule has 0 aromatic carbocycles. The molecule has 1 rings (SSSR count). The predicted octanol–water partition coefficient (Wildman–Crippen LogP) is 3.41. The number of carbonyl (C=O) groups is 1. The summed E-state index contributed by atoms with van der Waals surface area (Å²) in [5.41, 5.74) is -0.0789. The summed E-state index contributed by atoms with van der Waals surface area (Å²) in [7, 11) is 0. The number of rotatable bonds is 7. The van der Waals surface area contributed by atoms with E-state index in [2.05, 4.69) is 35.1 Å². The Morgan fingerprint density at radius 3 is 2.61 bits per heavy atom. The number of alkyl halides is 1. The normalized spacial score (nSPS) is 20.7. The van der Waals surface area contributed by atoms with Gasteiger partial charge < -0.3 is 10.1 Å². The Morgan fingerprint density at radius 2 is 2.11 bits per heavy atom. The van der Waals surface area contributed by atoms with Crippen molar-refractivity contribution in [2.24, 2.45) is 0 Å². The minimum Gasteiger partial charge on any atom is -0.378 e. The molecule has 3 nitrogen and oxygen atoms in total. The molecule has 1 aliphatic rings. The van der Waals surface area contributed by atoms with Crippen molar-refractivity contribution in [2.45, 2.75) is 70.4 Å². The largest absolute Gasteiger partial charge is 0.378 e. The number of halogens is 1. The minimum atomic E-state index is -0.0789. The van der Waals surface area contributed by atoms with E-state index in [1.165, 1.54) is 12.8 Å². The summed E-state index contributed by atoms with van der Waals surface area (Å²) in [6.45, 7) is 5.10. The summed E-state index contributed by atoms with van der Waals surface area (Å²) in [4.78, 5) is 12.0. The van der Waals surface area contributed by atoms with Crippen LogP contribution >= 0.6 is 15.9 Å². The Hall–Kier alpha value is -0.0900. The smallest absolute Gasteiger partial charge is 0.220 e. The molecule has 0 aromatic rings. The van der Waals surface area contributed by atoms with Crippen LogP contribution in [0.5, 0.6) is 0 Å². The monoisotopic (exact) mass is 319 g/mol. The van der Waals surface area contributed by atoms with Crippen molar-refractivity contribution in [1.82, 2.24) is 5.32 Å². The van der Waals surface area contributed by atoms with E-state index in [9.17, 15) is 4.79 Å². The third-order valence-corrected chi connectivity index (χ3v) is 5.05. The van der Waals surface area contributed by atoms with Gasteiger partial charge in [0.2, 0.25) is 5.91 Å². The summed E-state index contributed by atoms with van der Waals surface area (Å²) in [5, 5.41) is 4.00. The zero-order valence-electron chi connectivity index (χ0n) is 11.6. The summed E-state index contributed by atoms with van der Waals surface area (Å²) < 4.78 is 5.65. The molecule has 0 saturated carbocycles. The summed E-state index contributed by atoms with van der Waals surface area (Å²) in [5.74, 6) is 0.160. The molecule has 0 spiro atoms. The molecule has 1 amide bonds. The molecule has 1 unspecified atom stereocenters. The van der Waals surface area contributed by atoms with Crippen molar-refractivity contribution in [3.8, 4) is 0 Å². The number of carbonyl (C=O) groups excluding carboxylic acids is 1. The van der Waals surface area contributed by atoms with Crippen LogP contribution in [0.3, 0.4) is 0 Å². The Labute approximate surface area is 119 Å². The van der Waals surface area contributed by atoms with Crippen molar-refractivity contribution in [2.75, 3.05) is 11.9 Å². The lowest BCUT2D eigenvalue weighted by molar-refractivity contribution is -0.123. The van der Waals surface area contributed by atoms with Crippen LogP contribution < -0.4 is 5.32 Å². The molecule has 0 bridgehead atoms. The fourth-order valence-electron chi connectivity index (χ4n) is 2.33. The van der Waals surface area contributed by atoms with Gasteiger partial charge in [-0.05, 0) is 38.5 Å². The second-order valence-electron chi connectivity index (χ2n) is 5.20. The number of hydrogen-bond acceptors (Lipinski definition) is 2. The van der Waals surface area contributed by atoms with Crippen LogP contribution in [0.4, 0.5) is 0 Å². The number of amides is 1. The van der Waals surface area contributed by atoms with Crippen LogP contribution in [-0.4, -0.2) is 29.5 Å². The molecule has 1 heterocycles. The molecule has 0 radical (unpaired) electrons. The Balaban J connectivity index is 2.31. The molecule has 0 aromatic heterocycles. The third kappa shape index (κ3) is 4.88. The zero-order chi connectivity index (χ0) is 13.4. The van der Waals surface area contributed by atoms with E-state index in [0.717, 1.165) is 37.6 Å². The molecule has 1 fully saturated rings. The first-order valence-electron chi connectivity index (χ1n) is 7.14. The quantitative estimate of drug-likeness (QED) is 0.730. The molecule has 1 saturated heterocycles. The van der Waals surface area contributed by atoms with Crippen LogP contribution in [-0.2, 0) is 9.53 Å². The highest BCUT2D eigenvalue weighted by atomic mass is 79.9. The van der Waals surface area contributed by atoms with E-state index in [-0.39, 0.29) is 11.4 Å². The zero-order valence-corrected chi connectivity index (χ0v) is 13.2. The van der Waals surface area contributed by atoms with E-state index < -0.39 is 0 Å². The van der Waals surface area contributed by atoms with E-state index in [1.807, 2.05) is 0 Å². The van der Waals surface area contributed by atoms with Gasteiger partial charge in [0, 0.05) is 23.9 Å². The first kappa shape index (κ1) is 16.0. The fourth-order valence-corrected chi connectivity index (χ4v) is 3.27. The van der Waals surface area contributed by atoms with Crippen molar-refractivity contribution in [3.63, 3.8) is 0 Å². The first-order chi connectivity index (χ1) is 8.65. The average Bonchev–Trinajstić information content (AvgIpc) is 2.44. The molecule has 4 heteroatoms. The lowest BCUT2D eigenvalue weighted by Crippen LogP contribution is -2.49. The van der Waals surface area contributed by atoms with E-state index in [0.29, 0.717) is 12.5 Å². The first-order valence-corrected chi connectivity index (χ1v) is 8.26. The van der Waals surface area contributed by atoms with Gasteiger partial charge in [-0.15, -0.1) is 0 Å². The maximum absolute atomic E-state index is 12.0. The SMILES string of the molecule is CCC(CC)(CBr)NC(=O)CCC1CCCCO1. The second-order valence-corrected chi connectivity index (χ2v) is 5.76. The maximum Gasteiger partial charge on any atom is 0.220 e. The maximum atomic E-state index is 12.0. The van der Waals surface area contributed by atoms with Crippen LogP contribution in [0.2, 0.25) is 0 Å². The molecule has 0 aliphatic carbocycles. The van der Waals surface area contributed by atoms with E-state index in [1.54, 1.807) is 0 Å². The highest BCUT2D eigenvalue weighted by Gasteiger charge is 2.26. The number of ether oxygens (including phenoxy) is 1. The molecule has 18 heavy (non-hydrogen) atoms. The van der Waals surface area contributed by atoms with Crippen LogP contribution in [0.15, 0.2) is 0 Å². The van der Waals surface area contributed by atoms with Crippen molar-refractivity contribution in [3.05, 3.63) is 0 Å². The van der Waals surface area contributed by atoms with Crippen molar-refractivity contribution >= 4 is 21.8 Å². The summed E-state index contributed by atoms with van der Waals surface area (Å²) in [6.07, 6.45) is 7.17. The standard InChI is InChI=1S/C14H26BrNO2/c1-3-14(4-2,11-15)16-13(17)9-8-12-7-5-6-10-18-12/h12H,3-11H2,1-2H3,(H,16,17). The highest BCUT2D eigenvalue weighted by Crippen LogP contribution is 2.20. The average molecular weight is 320 g/mol. The Kier molecular flexibility index (Phi) is 7.23. The van der Waals surface area contributed by atoms with Crippen LogP contribution in [0.1, 0.15) is 58.8 Å². The molecular formula is C14H26BrNO2. The van der Waals surface area contributed by atoms with Gasteiger partial charge in [0.1, 0.15) is 0 Å². The summed E-state index contributed by atoms with van der Waals surface area (Å²) >= 11 is 3.51. The van der Waals surface area contributed by atoms with Gasteiger partial charge in [0.25, 0.3) is 0 Å². The van der Waals surface area contributed by atoms with Crippen LogP contribution in [0.25, 0.3) is 0 Å². The highest BCUT2D eigenvalue weighted by molar-refractivity contribution is 9.09. The topological polar surface area (TPSA) is 38.3 Å². The number of hydrogen-bond donors (Lipinski definition) is 1. The van der Waals surface area contributed by atoms with Gasteiger partial charge in [-0.1, -0.05) is 29.8 Å². The van der Waals surface area contributed by atoms with Gasteiger partial charge >= 0.3 is 0 Å². The molecule has 106 valence electrons. The predicted molar refractivity (Wildman–Crippen MR) is 78.1 cm³/mol. The molecular weight excluding hydrogens is 294 g/mol. The lowest BCUT2D eigenvalue weighted by Gasteiger charge is -2.31. The van der Waals surface area contributed by atoms with Crippen molar-refractivity contribution in [1.29, 1.82) is 0 Å². The Bertz CT molecular complexity index is 240.